The Kier molecular flexibility index (Phi) is 3.86. The lowest BCUT2D eigenvalue weighted by molar-refractivity contribution is -0.157. The number of carbonyl (C=O) groups is 3. The molecule has 0 aliphatic carbocycles. The summed E-state index contributed by atoms with van der Waals surface area (Å²) < 4.78 is 0. The first kappa shape index (κ1) is 11.4. The molecule has 0 radical (unpaired) electrons. The van der Waals surface area contributed by atoms with E-state index in [-0.39, 0.29) is 0 Å². The molecule has 2 unspecified atom stereocenters. The van der Waals surface area contributed by atoms with Crippen LogP contribution in [-0.4, -0.2) is 45.3 Å². The van der Waals surface area contributed by atoms with Crippen molar-refractivity contribution in [3.8, 4) is 0 Å². The van der Waals surface area contributed by atoms with E-state index in [1.54, 1.807) is 5.32 Å². The van der Waals surface area contributed by atoms with Crippen molar-refractivity contribution in [2.45, 2.75) is 19.1 Å². The molecule has 0 saturated carbocycles. The van der Waals surface area contributed by atoms with Crippen LogP contribution in [0.4, 0.5) is 0 Å². The van der Waals surface area contributed by atoms with Gasteiger partial charge in [-0.05, 0) is 0 Å². The third-order valence-electron chi connectivity index (χ3n) is 1.19. The Morgan fingerprint density at radius 2 is 1.62 bits per heavy atom. The zero-order chi connectivity index (χ0) is 10.6. The highest BCUT2D eigenvalue weighted by Crippen LogP contribution is 1.94. The minimum Gasteiger partial charge on any atom is -0.480 e. The predicted molar refractivity (Wildman–Crippen MR) is 38.9 cm³/mol. The van der Waals surface area contributed by atoms with E-state index in [2.05, 4.69) is 0 Å². The fraction of sp³-hybridized carbons (Fsp3) is 0.500. The molecule has 2 atom stereocenters. The fourth-order valence-corrected chi connectivity index (χ4v) is 0.637. The fourth-order valence-electron chi connectivity index (χ4n) is 0.637. The van der Waals surface area contributed by atoms with E-state index < -0.39 is 30.0 Å². The van der Waals surface area contributed by atoms with Crippen molar-refractivity contribution in [3.63, 3.8) is 0 Å². The lowest BCUT2D eigenvalue weighted by Crippen LogP contribution is -2.51. The number of hydrogen-bond acceptors (Lipinski definition) is 4. The first-order valence-electron chi connectivity index (χ1n) is 3.27. The first-order chi connectivity index (χ1) is 5.86. The van der Waals surface area contributed by atoms with E-state index in [4.69, 9.17) is 15.3 Å². The third-order valence-corrected chi connectivity index (χ3v) is 1.19. The molecule has 74 valence electrons. The molecule has 0 aromatic rings. The van der Waals surface area contributed by atoms with Gasteiger partial charge in [0.25, 0.3) is 0 Å². The Hall–Kier alpha value is -1.63. The second-order valence-electron chi connectivity index (χ2n) is 2.30. The lowest BCUT2D eigenvalue weighted by atomic mass is 10.1. The number of nitrogens with one attached hydrogen (secondary N) is 1. The maximum absolute atomic E-state index is 10.4. The number of aliphatic carboxylic acids is 2. The molecule has 7 nitrogen and oxygen atoms in total. The molecule has 13 heavy (non-hydrogen) atoms. The van der Waals surface area contributed by atoms with Crippen molar-refractivity contribution in [1.29, 1.82) is 0 Å². The number of carboxylic acid groups (broad SMARTS) is 2. The number of carbonyl (C=O) groups excluding carboxylic acids is 1. The molecule has 0 aromatic heterocycles. The molecule has 0 saturated heterocycles. The minimum absolute atomic E-state index is 0.729. The number of amides is 1. The summed E-state index contributed by atoms with van der Waals surface area (Å²) in [4.78, 5) is 30.9. The topological polar surface area (TPSA) is 124 Å². The monoisotopic (exact) mass is 191 g/mol. The van der Waals surface area contributed by atoms with Crippen LogP contribution >= 0.6 is 0 Å². The van der Waals surface area contributed by atoms with Crippen molar-refractivity contribution < 1.29 is 29.7 Å². The van der Waals surface area contributed by atoms with Gasteiger partial charge in [0.15, 0.2) is 12.1 Å². The second-order valence-corrected chi connectivity index (χ2v) is 2.30. The summed E-state index contributed by atoms with van der Waals surface area (Å²) in [5.74, 6) is -4.04. The maximum atomic E-state index is 10.4. The highest BCUT2D eigenvalue weighted by molar-refractivity contribution is 5.88. The molecule has 0 aliphatic rings. The van der Waals surface area contributed by atoms with Gasteiger partial charge < -0.3 is 20.6 Å². The number of aliphatic hydroxyl groups excluding tert-OH is 1. The van der Waals surface area contributed by atoms with Gasteiger partial charge in [-0.1, -0.05) is 0 Å². The zero-order valence-corrected chi connectivity index (χ0v) is 6.72. The van der Waals surface area contributed by atoms with Gasteiger partial charge in [0.2, 0.25) is 5.91 Å². The van der Waals surface area contributed by atoms with Crippen LogP contribution in [0.15, 0.2) is 0 Å². The smallest absolute Gasteiger partial charge is 0.335 e. The Morgan fingerprint density at radius 1 is 1.15 bits per heavy atom. The van der Waals surface area contributed by atoms with Gasteiger partial charge in [-0.2, -0.15) is 0 Å². The lowest BCUT2D eigenvalue weighted by Gasteiger charge is -2.15. The van der Waals surface area contributed by atoms with E-state index >= 15 is 0 Å². The third kappa shape index (κ3) is 3.52. The highest BCUT2D eigenvalue weighted by atomic mass is 16.4. The van der Waals surface area contributed by atoms with Crippen LogP contribution in [0, 0.1) is 0 Å². The maximum Gasteiger partial charge on any atom is 0.335 e. The van der Waals surface area contributed by atoms with Crippen LogP contribution in [0.5, 0.6) is 0 Å². The number of carboxylic acids is 2. The van der Waals surface area contributed by atoms with Crippen molar-refractivity contribution >= 4 is 17.8 Å². The molecular weight excluding hydrogens is 182 g/mol. The summed E-state index contributed by atoms with van der Waals surface area (Å²) in [7, 11) is 0. The van der Waals surface area contributed by atoms with E-state index in [0.29, 0.717) is 0 Å². The van der Waals surface area contributed by atoms with Gasteiger partial charge in [-0.3, -0.25) is 4.79 Å². The largest absolute Gasteiger partial charge is 0.480 e. The average Bonchev–Trinajstić information content (AvgIpc) is 1.97. The Morgan fingerprint density at radius 3 is 1.85 bits per heavy atom. The van der Waals surface area contributed by atoms with E-state index in [1.165, 1.54) is 0 Å². The normalized spacial score (nSPS) is 14.3. The number of rotatable bonds is 4. The van der Waals surface area contributed by atoms with Crippen molar-refractivity contribution in [1.82, 2.24) is 5.32 Å². The van der Waals surface area contributed by atoms with Crippen LogP contribution in [0.1, 0.15) is 6.92 Å². The van der Waals surface area contributed by atoms with Gasteiger partial charge >= 0.3 is 11.9 Å². The van der Waals surface area contributed by atoms with Gasteiger partial charge in [-0.15, -0.1) is 0 Å². The van der Waals surface area contributed by atoms with Gasteiger partial charge in [0.05, 0.1) is 0 Å². The average molecular weight is 191 g/mol. The molecule has 0 rings (SSSR count). The summed E-state index contributed by atoms with van der Waals surface area (Å²) in [6.45, 7) is 1.02. The second kappa shape index (κ2) is 4.41. The number of hydrogen-bond donors (Lipinski definition) is 4. The molecule has 0 bridgehead atoms. The van der Waals surface area contributed by atoms with E-state index in [9.17, 15) is 14.4 Å². The van der Waals surface area contributed by atoms with Crippen molar-refractivity contribution in [3.05, 3.63) is 0 Å². The summed E-state index contributed by atoms with van der Waals surface area (Å²) in [5.41, 5.74) is 0. The summed E-state index contributed by atoms with van der Waals surface area (Å²) in [6.07, 6.45) is -2.15. The predicted octanol–water partition coefficient (Wildman–Crippen LogP) is -1.98. The Labute approximate surface area is 73.0 Å². The molecule has 7 heteroatoms. The van der Waals surface area contributed by atoms with Crippen LogP contribution < -0.4 is 5.32 Å². The van der Waals surface area contributed by atoms with Crippen LogP contribution in [-0.2, 0) is 14.4 Å². The molecule has 0 aromatic carbocycles. The van der Waals surface area contributed by atoms with Crippen molar-refractivity contribution in [2.75, 3.05) is 0 Å². The first-order valence-corrected chi connectivity index (χ1v) is 3.27. The quantitative estimate of drug-likeness (QED) is 0.408. The molecule has 0 fully saturated rings. The van der Waals surface area contributed by atoms with Crippen LogP contribution in [0.25, 0.3) is 0 Å². The summed E-state index contributed by atoms with van der Waals surface area (Å²) in [5, 5.41) is 27.3. The Balaban J connectivity index is 4.51. The molecule has 1 amide bonds. The zero-order valence-electron chi connectivity index (χ0n) is 6.72. The van der Waals surface area contributed by atoms with Gasteiger partial charge in [-0.25, -0.2) is 9.59 Å². The van der Waals surface area contributed by atoms with Gasteiger partial charge in [0, 0.05) is 6.92 Å². The van der Waals surface area contributed by atoms with E-state index in [0.717, 1.165) is 6.92 Å². The summed E-state index contributed by atoms with van der Waals surface area (Å²) >= 11 is 0. The van der Waals surface area contributed by atoms with Crippen LogP contribution in [0.3, 0.4) is 0 Å². The highest BCUT2D eigenvalue weighted by Gasteiger charge is 2.32. The molecule has 0 spiro atoms. The molecule has 0 aliphatic heterocycles. The SMILES string of the molecule is CC(=O)NC(C(=O)O)C(O)C(=O)O. The minimum atomic E-state index is -2.15. The molecule has 4 N–H and O–H groups in total. The number of aliphatic hydroxyl groups is 1. The van der Waals surface area contributed by atoms with Crippen LogP contribution in [0.2, 0.25) is 0 Å². The van der Waals surface area contributed by atoms with Crippen molar-refractivity contribution in [2.24, 2.45) is 0 Å². The summed E-state index contributed by atoms with van der Waals surface area (Å²) in [6, 6.07) is -1.82. The standard InChI is InChI=1S/C6H9NO6/c1-2(8)7-3(5(10)11)4(9)6(12)13/h3-4,9H,1H3,(H,7,8)(H,10,11)(H,12,13). The Bertz CT molecular complexity index is 237. The molecule has 0 heterocycles. The van der Waals surface area contributed by atoms with E-state index in [1.807, 2.05) is 0 Å². The molecular formula is C6H9NO6. The van der Waals surface area contributed by atoms with Gasteiger partial charge in [0.1, 0.15) is 0 Å².